The Hall–Kier alpha value is -2.61. The van der Waals surface area contributed by atoms with Crippen LogP contribution in [0.25, 0.3) is 0 Å². The van der Waals surface area contributed by atoms with Crippen LogP contribution in [-0.4, -0.2) is 51.9 Å². The van der Waals surface area contributed by atoms with Crippen molar-refractivity contribution in [2.24, 2.45) is 5.92 Å². The molecular formula is C15H17NO7. The fraction of sp³-hybridized carbons (Fsp3) is 0.400. The number of aryl methyl sites for hydroxylation is 1. The Morgan fingerprint density at radius 1 is 1.26 bits per heavy atom. The molecule has 23 heavy (non-hydrogen) atoms. The summed E-state index contributed by atoms with van der Waals surface area (Å²) in [4.78, 5) is 33.5. The Morgan fingerprint density at radius 3 is 2.52 bits per heavy atom. The fourth-order valence-electron chi connectivity index (χ4n) is 2.69. The molecule has 0 aliphatic carbocycles. The number of aliphatic carboxylic acids is 2. The molecule has 1 aromatic rings. The van der Waals surface area contributed by atoms with E-state index in [1.54, 1.807) is 13.0 Å². The maximum absolute atomic E-state index is 11.3. The van der Waals surface area contributed by atoms with Crippen molar-refractivity contribution in [2.45, 2.75) is 25.5 Å². The summed E-state index contributed by atoms with van der Waals surface area (Å²) in [6, 6.07) is 3.56. The summed E-state index contributed by atoms with van der Waals surface area (Å²) in [6.07, 6.45) is -1.13. The summed E-state index contributed by atoms with van der Waals surface area (Å²) in [6.45, 7) is 1.86. The second-order valence-corrected chi connectivity index (χ2v) is 5.45. The van der Waals surface area contributed by atoms with E-state index in [0.29, 0.717) is 0 Å². The maximum atomic E-state index is 11.3. The average molecular weight is 323 g/mol. The van der Waals surface area contributed by atoms with Gasteiger partial charge in [0, 0.05) is 12.5 Å². The number of benzene rings is 1. The van der Waals surface area contributed by atoms with Gasteiger partial charge in [-0.3, -0.25) is 9.59 Å². The molecule has 1 aromatic carbocycles. The maximum Gasteiger partial charge on any atom is 0.339 e. The number of aromatic carboxylic acids is 1. The highest BCUT2D eigenvalue weighted by molar-refractivity contribution is 5.91. The predicted molar refractivity (Wildman–Crippen MR) is 77.7 cm³/mol. The molecule has 4 N–H and O–H groups in total. The lowest BCUT2D eigenvalue weighted by molar-refractivity contribution is -0.142. The van der Waals surface area contributed by atoms with Crippen molar-refractivity contribution in [1.82, 2.24) is 5.32 Å². The van der Waals surface area contributed by atoms with Gasteiger partial charge in [0.05, 0.1) is 6.42 Å². The third-order valence-corrected chi connectivity index (χ3v) is 3.76. The monoisotopic (exact) mass is 323 g/mol. The Bertz CT molecular complexity index is 643. The molecule has 8 nitrogen and oxygen atoms in total. The van der Waals surface area contributed by atoms with Gasteiger partial charge in [-0.2, -0.15) is 0 Å². The van der Waals surface area contributed by atoms with Gasteiger partial charge in [0.25, 0.3) is 0 Å². The van der Waals surface area contributed by atoms with Gasteiger partial charge in [0.15, 0.2) is 0 Å². The van der Waals surface area contributed by atoms with Gasteiger partial charge in [-0.1, -0.05) is 11.6 Å². The highest BCUT2D eigenvalue weighted by Gasteiger charge is 2.43. The van der Waals surface area contributed by atoms with Crippen LogP contribution < -0.4 is 10.1 Å². The predicted octanol–water partition coefficient (Wildman–Crippen LogP) is 0.588. The standard InChI is InChI=1S/C15H17NO7/c1-7-2-3-10(9(4-7)14(19)20)23-11-6-16-13(15(21)22)8(11)5-12(17)18/h2-4,8,11,13,16H,5-6H2,1H3,(H,17,18)(H,19,20)(H,21,22)/t8-,11+,13-/m1/s1. The molecule has 0 spiro atoms. The number of carboxylic acids is 3. The number of rotatable bonds is 6. The molecule has 0 unspecified atom stereocenters. The van der Waals surface area contributed by atoms with Crippen LogP contribution in [0.15, 0.2) is 18.2 Å². The smallest absolute Gasteiger partial charge is 0.339 e. The lowest BCUT2D eigenvalue weighted by Gasteiger charge is -2.22. The Labute approximate surface area is 131 Å². The Balaban J connectivity index is 2.26. The van der Waals surface area contributed by atoms with E-state index in [-0.39, 0.29) is 24.3 Å². The van der Waals surface area contributed by atoms with Gasteiger partial charge >= 0.3 is 17.9 Å². The molecule has 0 bridgehead atoms. The number of carboxylic acid groups (broad SMARTS) is 3. The van der Waals surface area contributed by atoms with E-state index in [0.717, 1.165) is 5.56 Å². The molecule has 3 atom stereocenters. The van der Waals surface area contributed by atoms with Gasteiger partial charge in [0.2, 0.25) is 0 Å². The number of carbonyl (C=O) groups is 3. The molecule has 0 saturated carbocycles. The molecule has 2 rings (SSSR count). The van der Waals surface area contributed by atoms with Crippen LogP contribution in [0.5, 0.6) is 5.75 Å². The number of nitrogens with one attached hydrogen (secondary N) is 1. The van der Waals surface area contributed by atoms with E-state index in [4.69, 9.17) is 14.9 Å². The minimum Gasteiger partial charge on any atom is -0.488 e. The zero-order valence-electron chi connectivity index (χ0n) is 12.4. The summed E-state index contributed by atoms with van der Waals surface area (Å²) in [5.74, 6) is -4.17. The summed E-state index contributed by atoms with van der Waals surface area (Å²) in [5.41, 5.74) is 0.697. The highest BCUT2D eigenvalue weighted by atomic mass is 16.5. The van der Waals surface area contributed by atoms with Gasteiger partial charge in [-0.25, -0.2) is 4.79 Å². The van der Waals surface area contributed by atoms with E-state index in [2.05, 4.69) is 5.32 Å². The van der Waals surface area contributed by atoms with Crippen molar-refractivity contribution in [2.75, 3.05) is 6.54 Å². The molecule has 0 amide bonds. The first kappa shape index (κ1) is 16.8. The van der Waals surface area contributed by atoms with E-state index in [9.17, 15) is 19.5 Å². The summed E-state index contributed by atoms with van der Waals surface area (Å²) < 4.78 is 5.65. The minimum absolute atomic E-state index is 0.0437. The lowest BCUT2D eigenvalue weighted by atomic mass is 9.94. The van der Waals surface area contributed by atoms with E-state index >= 15 is 0 Å². The Morgan fingerprint density at radius 2 is 1.96 bits per heavy atom. The molecule has 0 aromatic heterocycles. The van der Waals surface area contributed by atoms with Crippen LogP contribution in [0.4, 0.5) is 0 Å². The van der Waals surface area contributed by atoms with Crippen molar-refractivity contribution in [3.05, 3.63) is 29.3 Å². The molecule has 0 radical (unpaired) electrons. The lowest BCUT2D eigenvalue weighted by Crippen LogP contribution is -2.38. The zero-order valence-corrected chi connectivity index (χ0v) is 12.4. The second kappa shape index (κ2) is 6.66. The van der Waals surface area contributed by atoms with Gasteiger partial charge in [-0.15, -0.1) is 0 Å². The summed E-state index contributed by atoms with van der Waals surface area (Å²) in [7, 11) is 0. The Kier molecular flexibility index (Phi) is 4.85. The second-order valence-electron chi connectivity index (χ2n) is 5.45. The summed E-state index contributed by atoms with van der Waals surface area (Å²) in [5, 5.41) is 30.1. The molecule has 1 saturated heterocycles. The van der Waals surface area contributed by atoms with Gasteiger partial charge < -0.3 is 25.4 Å². The van der Waals surface area contributed by atoms with Crippen molar-refractivity contribution in [3.8, 4) is 5.75 Å². The molecule has 1 fully saturated rings. The van der Waals surface area contributed by atoms with Crippen molar-refractivity contribution >= 4 is 17.9 Å². The minimum atomic E-state index is -1.17. The van der Waals surface area contributed by atoms with Crippen LogP contribution in [0.3, 0.4) is 0 Å². The molecule has 1 aliphatic rings. The topological polar surface area (TPSA) is 133 Å². The molecule has 124 valence electrons. The van der Waals surface area contributed by atoms with E-state index < -0.39 is 36.0 Å². The quantitative estimate of drug-likeness (QED) is 0.598. The van der Waals surface area contributed by atoms with E-state index in [1.807, 2.05) is 0 Å². The molecule has 1 heterocycles. The first-order valence-electron chi connectivity index (χ1n) is 6.98. The third-order valence-electron chi connectivity index (χ3n) is 3.76. The largest absolute Gasteiger partial charge is 0.488 e. The number of hydrogen-bond donors (Lipinski definition) is 4. The van der Waals surface area contributed by atoms with Gasteiger partial charge in [-0.05, 0) is 19.1 Å². The van der Waals surface area contributed by atoms with Crippen LogP contribution in [0.2, 0.25) is 0 Å². The van der Waals surface area contributed by atoms with Crippen LogP contribution in [0, 0.1) is 12.8 Å². The normalized spacial score (nSPS) is 23.4. The SMILES string of the molecule is Cc1ccc(O[C@H]2CN[C@@H](C(=O)O)[C@@H]2CC(=O)O)c(C(=O)O)c1. The fourth-order valence-corrected chi connectivity index (χ4v) is 2.69. The number of hydrogen-bond acceptors (Lipinski definition) is 5. The van der Waals surface area contributed by atoms with Crippen molar-refractivity contribution < 1.29 is 34.4 Å². The number of ether oxygens (including phenoxy) is 1. The molecule has 8 heteroatoms. The highest BCUT2D eigenvalue weighted by Crippen LogP contribution is 2.28. The van der Waals surface area contributed by atoms with Crippen LogP contribution >= 0.6 is 0 Å². The van der Waals surface area contributed by atoms with Crippen molar-refractivity contribution in [1.29, 1.82) is 0 Å². The third kappa shape index (κ3) is 3.78. The first-order chi connectivity index (χ1) is 10.8. The molecular weight excluding hydrogens is 306 g/mol. The first-order valence-corrected chi connectivity index (χ1v) is 6.98. The molecule has 1 aliphatic heterocycles. The van der Waals surface area contributed by atoms with Crippen LogP contribution in [0.1, 0.15) is 22.3 Å². The van der Waals surface area contributed by atoms with Crippen LogP contribution in [-0.2, 0) is 9.59 Å². The zero-order chi connectivity index (χ0) is 17.1. The summed E-state index contributed by atoms with van der Waals surface area (Å²) >= 11 is 0. The van der Waals surface area contributed by atoms with Crippen molar-refractivity contribution in [3.63, 3.8) is 0 Å². The average Bonchev–Trinajstić information content (AvgIpc) is 2.83. The van der Waals surface area contributed by atoms with Gasteiger partial charge in [0.1, 0.15) is 23.5 Å². The van der Waals surface area contributed by atoms with E-state index in [1.165, 1.54) is 12.1 Å².